The van der Waals surface area contributed by atoms with Crippen LogP contribution in [0.5, 0.6) is 0 Å². The summed E-state index contributed by atoms with van der Waals surface area (Å²) >= 11 is 0. The van der Waals surface area contributed by atoms with Crippen molar-refractivity contribution in [1.82, 2.24) is 10.6 Å². The lowest BCUT2D eigenvalue weighted by atomic mass is 10.1. The lowest BCUT2D eigenvalue weighted by Gasteiger charge is -2.20. The molecule has 0 heterocycles. The minimum Gasteiger partial charge on any atom is -0.380 e. The second kappa shape index (κ2) is 8.02. The summed E-state index contributed by atoms with van der Waals surface area (Å²) in [4.78, 5) is 11.7. The molecule has 0 atom stereocenters. The Labute approximate surface area is 121 Å². The number of methoxy groups -OCH3 is 1. The Morgan fingerprint density at radius 2 is 1.95 bits per heavy atom. The third kappa shape index (κ3) is 7.26. The third-order valence-corrected chi connectivity index (χ3v) is 2.80. The summed E-state index contributed by atoms with van der Waals surface area (Å²) in [5, 5.41) is 6.23. The normalized spacial score (nSPS) is 11.4. The van der Waals surface area contributed by atoms with Crippen molar-refractivity contribution in [2.75, 3.05) is 13.7 Å². The molecule has 0 radical (unpaired) electrons. The number of amides is 1. The summed E-state index contributed by atoms with van der Waals surface area (Å²) in [6.45, 7) is 8.12. The third-order valence-electron chi connectivity index (χ3n) is 2.80. The number of carbonyl (C=O) groups excluding carboxylic acids is 1. The number of benzene rings is 1. The van der Waals surface area contributed by atoms with Crippen LogP contribution in [0.3, 0.4) is 0 Å². The fourth-order valence-corrected chi connectivity index (χ4v) is 1.84. The van der Waals surface area contributed by atoms with Crippen LogP contribution in [0.2, 0.25) is 0 Å². The molecule has 0 aliphatic carbocycles. The van der Waals surface area contributed by atoms with E-state index >= 15 is 0 Å². The highest BCUT2D eigenvalue weighted by atomic mass is 16.5. The minimum absolute atomic E-state index is 0.0504. The van der Waals surface area contributed by atoms with Gasteiger partial charge in [-0.1, -0.05) is 24.3 Å². The monoisotopic (exact) mass is 278 g/mol. The van der Waals surface area contributed by atoms with E-state index < -0.39 is 0 Å². The maximum Gasteiger partial charge on any atom is 0.221 e. The van der Waals surface area contributed by atoms with E-state index in [-0.39, 0.29) is 11.4 Å². The number of rotatable bonds is 7. The van der Waals surface area contributed by atoms with Gasteiger partial charge < -0.3 is 15.4 Å². The number of nitrogens with one attached hydrogen (secondary N) is 2. The number of ether oxygens (including phenoxy) is 1. The van der Waals surface area contributed by atoms with Gasteiger partial charge in [0.15, 0.2) is 0 Å². The molecule has 4 heteroatoms. The van der Waals surface area contributed by atoms with Crippen LogP contribution < -0.4 is 10.6 Å². The zero-order chi connectivity index (χ0) is 15.0. The molecule has 0 aliphatic heterocycles. The van der Waals surface area contributed by atoms with Crippen LogP contribution in [-0.2, 0) is 22.7 Å². The quantitative estimate of drug-likeness (QED) is 0.804. The first-order valence-electron chi connectivity index (χ1n) is 6.99. The predicted molar refractivity (Wildman–Crippen MR) is 81.4 cm³/mol. The number of hydrogen-bond acceptors (Lipinski definition) is 3. The average Bonchev–Trinajstić information content (AvgIpc) is 2.36. The van der Waals surface area contributed by atoms with Crippen LogP contribution >= 0.6 is 0 Å². The summed E-state index contributed by atoms with van der Waals surface area (Å²) in [5.74, 6) is 0.0684. The van der Waals surface area contributed by atoms with Crippen LogP contribution in [0.4, 0.5) is 0 Å². The number of hydrogen-bond donors (Lipinski definition) is 2. The molecule has 112 valence electrons. The van der Waals surface area contributed by atoms with Gasteiger partial charge in [-0.05, 0) is 31.9 Å². The summed E-state index contributed by atoms with van der Waals surface area (Å²) < 4.78 is 5.10. The van der Waals surface area contributed by atoms with Gasteiger partial charge in [-0.25, -0.2) is 0 Å². The van der Waals surface area contributed by atoms with Crippen LogP contribution in [0.25, 0.3) is 0 Å². The molecule has 20 heavy (non-hydrogen) atoms. The van der Waals surface area contributed by atoms with Gasteiger partial charge >= 0.3 is 0 Å². The van der Waals surface area contributed by atoms with Crippen molar-refractivity contribution in [3.05, 3.63) is 35.4 Å². The molecule has 2 N–H and O–H groups in total. The zero-order valence-electron chi connectivity index (χ0n) is 13.0. The van der Waals surface area contributed by atoms with Crippen LogP contribution in [0.15, 0.2) is 24.3 Å². The average molecular weight is 278 g/mol. The Hall–Kier alpha value is -1.39. The lowest BCUT2D eigenvalue weighted by molar-refractivity contribution is -0.121. The largest absolute Gasteiger partial charge is 0.380 e. The van der Waals surface area contributed by atoms with Crippen molar-refractivity contribution in [2.45, 2.75) is 45.9 Å². The SMILES string of the molecule is COCc1cccc(CNC(=O)CCNC(C)(C)C)c1. The van der Waals surface area contributed by atoms with Gasteiger partial charge in [-0.2, -0.15) is 0 Å². The highest BCUT2D eigenvalue weighted by Crippen LogP contribution is 2.06. The molecule has 1 aromatic carbocycles. The molecule has 0 fully saturated rings. The van der Waals surface area contributed by atoms with E-state index in [1.807, 2.05) is 18.2 Å². The molecule has 4 nitrogen and oxygen atoms in total. The molecule has 0 aliphatic rings. The Morgan fingerprint density at radius 3 is 2.60 bits per heavy atom. The Morgan fingerprint density at radius 1 is 1.25 bits per heavy atom. The van der Waals surface area contributed by atoms with Crippen molar-refractivity contribution in [1.29, 1.82) is 0 Å². The first kappa shape index (κ1) is 16.7. The second-order valence-electron chi connectivity index (χ2n) is 5.96. The van der Waals surface area contributed by atoms with E-state index in [1.165, 1.54) is 0 Å². The van der Waals surface area contributed by atoms with Crippen molar-refractivity contribution in [2.24, 2.45) is 0 Å². The smallest absolute Gasteiger partial charge is 0.221 e. The van der Waals surface area contributed by atoms with Gasteiger partial charge in [0, 0.05) is 32.2 Å². The molecule has 0 spiro atoms. The molecule has 0 saturated heterocycles. The van der Waals surface area contributed by atoms with Crippen LogP contribution in [0, 0.1) is 0 Å². The van der Waals surface area contributed by atoms with E-state index in [0.717, 1.165) is 11.1 Å². The Bertz CT molecular complexity index is 425. The van der Waals surface area contributed by atoms with Crippen molar-refractivity contribution < 1.29 is 9.53 Å². The molecule has 1 amide bonds. The minimum atomic E-state index is 0.0504. The van der Waals surface area contributed by atoms with Gasteiger partial charge in [-0.3, -0.25) is 4.79 Å². The summed E-state index contributed by atoms with van der Waals surface area (Å²) in [7, 11) is 1.68. The molecule has 0 bridgehead atoms. The fraction of sp³-hybridized carbons (Fsp3) is 0.562. The fourth-order valence-electron chi connectivity index (χ4n) is 1.84. The molecular weight excluding hydrogens is 252 g/mol. The van der Waals surface area contributed by atoms with Gasteiger partial charge in [0.1, 0.15) is 0 Å². The van der Waals surface area contributed by atoms with Gasteiger partial charge in [0.2, 0.25) is 5.91 Å². The van der Waals surface area contributed by atoms with E-state index in [0.29, 0.717) is 26.1 Å². The summed E-state index contributed by atoms with van der Waals surface area (Å²) in [5.41, 5.74) is 2.26. The first-order chi connectivity index (χ1) is 9.40. The Balaban J connectivity index is 2.32. The summed E-state index contributed by atoms with van der Waals surface area (Å²) in [6, 6.07) is 8.06. The van der Waals surface area contributed by atoms with Crippen molar-refractivity contribution >= 4 is 5.91 Å². The summed E-state index contributed by atoms with van der Waals surface area (Å²) in [6.07, 6.45) is 0.495. The van der Waals surface area contributed by atoms with Crippen molar-refractivity contribution in [3.8, 4) is 0 Å². The van der Waals surface area contributed by atoms with Crippen LogP contribution in [0.1, 0.15) is 38.3 Å². The van der Waals surface area contributed by atoms with Gasteiger partial charge in [-0.15, -0.1) is 0 Å². The van der Waals surface area contributed by atoms with E-state index in [2.05, 4.69) is 37.5 Å². The highest BCUT2D eigenvalue weighted by Gasteiger charge is 2.09. The second-order valence-corrected chi connectivity index (χ2v) is 5.96. The predicted octanol–water partition coefficient (Wildman–Crippen LogP) is 2.23. The molecular formula is C16H26N2O2. The molecule has 1 rings (SSSR count). The highest BCUT2D eigenvalue weighted by molar-refractivity contribution is 5.76. The van der Waals surface area contributed by atoms with Gasteiger partial charge in [0.05, 0.1) is 6.61 Å². The Kier molecular flexibility index (Phi) is 6.68. The molecule has 1 aromatic rings. The van der Waals surface area contributed by atoms with Crippen LogP contribution in [-0.4, -0.2) is 25.1 Å². The molecule has 0 saturated carbocycles. The molecule has 0 unspecified atom stereocenters. The van der Waals surface area contributed by atoms with Crippen molar-refractivity contribution in [3.63, 3.8) is 0 Å². The van der Waals surface area contributed by atoms with E-state index in [9.17, 15) is 4.79 Å². The number of carbonyl (C=O) groups is 1. The maximum absolute atomic E-state index is 11.7. The molecule has 0 aromatic heterocycles. The first-order valence-corrected chi connectivity index (χ1v) is 6.99. The maximum atomic E-state index is 11.7. The van der Waals surface area contributed by atoms with E-state index in [4.69, 9.17) is 4.74 Å². The topological polar surface area (TPSA) is 50.4 Å². The standard InChI is InChI=1S/C16H26N2O2/c1-16(2,3)18-9-8-15(19)17-11-13-6-5-7-14(10-13)12-20-4/h5-7,10,18H,8-9,11-12H2,1-4H3,(H,17,19). The van der Waals surface area contributed by atoms with Gasteiger partial charge in [0.25, 0.3) is 0 Å². The lowest BCUT2D eigenvalue weighted by Crippen LogP contribution is -2.38. The zero-order valence-corrected chi connectivity index (χ0v) is 13.0. The van der Waals surface area contributed by atoms with E-state index in [1.54, 1.807) is 7.11 Å².